The minimum atomic E-state index is 0.108. The summed E-state index contributed by atoms with van der Waals surface area (Å²) in [5, 5.41) is 4.26. The van der Waals surface area contributed by atoms with Crippen molar-refractivity contribution in [3.8, 4) is 0 Å². The minimum absolute atomic E-state index is 0.108. The van der Waals surface area contributed by atoms with Gasteiger partial charge in [-0.1, -0.05) is 25.1 Å². The number of hydrogen-bond donors (Lipinski definition) is 0. The number of ketones is 1. The van der Waals surface area contributed by atoms with E-state index in [0.29, 0.717) is 6.61 Å². The van der Waals surface area contributed by atoms with Crippen LogP contribution >= 0.6 is 11.3 Å². The highest BCUT2D eigenvalue weighted by molar-refractivity contribution is 7.16. The molecule has 5 heteroatoms. The predicted octanol–water partition coefficient (Wildman–Crippen LogP) is 5.25. The molecule has 0 spiro atoms. The first-order valence-electron chi connectivity index (χ1n) is 9.35. The quantitative estimate of drug-likeness (QED) is 0.410. The zero-order valence-corrected chi connectivity index (χ0v) is 16.8. The van der Waals surface area contributed by atoms with Crippen molar-refractivity contribution in [2.75, 3.05) is 13.7 Å². The van der Waals surface area contributed by atoms with Crippen molar-refractivity contribution >= 4 is 38.2 Å². The fourth-order valence-electron chi connectivity index (χ4n) is 3.93. The van der Waals surface area contributed by atoms with Gasteiger partial charge in [-0.25, -0.2) is 0 Å². The summed E-state index contributed by atoms with van der Waals surface area (Å²) in [6.45, 7) is 6.40. The summed E-state index contributed by atoms with van der Waals surface area (Å²) in [7, 11) is 1.71. The zero-order valence-electron chi connectivity index (χ0n) is 16.0. The van der Waals surface area contributed by atoms with E-state index < -0.39 is 0 Å². The summed E-state index contributed by atoms with van der Waals surface area (Å²) in [6, 6.07) is 12.3. The average Bonchev–Trinajstić information content (AvgIpc) is 3.33. The van der Waals surface area contributed by atoms with E-state index in [9.17, 15) is 4.79 Å². The normalized spacial score (nSPS) is 11.7. The van der Waals surface area contributed by atoms with Crippen LogP contribution in [0.3, 0.4) is 0 Å². The van der Waals surface area contributed by atoms with E-state index in [1.165, 1.54) is 4.83 Å². The van der Waals surface area contributed by atoms with Gasteiger partial charge in [0, 0.05) is 42.2 Å². The maximum Gasteiger partial charge on any atom is 0.211 e. The van der Waals surface area contributed by atoms with Crippen molar-refractivity contribution in [3.05, 3.63) is 58.7 Å². The molecule has 0 bridgehead atoms. The molecule has 3 heterocycles. The highest BCUT2D eigenvalue weighted by Gasteiger charge is 2.24. The van der Waals surface area contributed by atoms with Gasteiger partial charge in [-0.15, -0.1) is 11.3 Å². The number of aryl methyl sites for hydroxylation is 1. The molecule has 0 fully saturated rings. The number of fused-ring (bicyclic) bond motifs is 2. The Hall–Kier alpha value is -2.37. The molecule has 3 aromatic heterocycles. The first kappa shape index (κ1) is 18.0. The van der Waals surface area contributed by atoms with Crippen molar-refractivity contribution in [1.29, 1.82) is 0 Å². The number of nitrogens with zero attached hydrogens (tertiary/aromatic N) is 2. The summed E-state index contributed by atoms with van der Waals surface area (Å²) < 4.78 is 9.66. The van der Waals surface area contributed by atoms with Crippen LogP contribution in [0.4, 0.5) is 0 Å². The van der Waals surface area contributed by atoms with Gasteiger partial charge >= 0.3 is 0 Å². The smallest absolute Gasteiger partial charge is 0.211 e. The lowest BCUT2D eigenvalue weighted by molar-refractivity contribution is 0.103. The third-order valence-corrected chi connectivity index (χ3v) is 6.11. The third-order valence-electron chi connectivity index (χ3n) is 5.16. The number of para-hydroxylation sites is 1. The molecule has 27 heavy (non-hydrogen) atoms. The Bertz CT molecular complexity index is 1120. The average molecular weight is 381 g/mol. The standard InChI is InChI=1S/C22H24N2O2S/c1-4-10-24-19(14-16-9-13-27-22(16)24)21(25)20-15(2)23(11-12-26-3)18-8-6-5-7-17(18)20/h5-9,13-14H,4,10-12H2,1-3H3. The first-order valence-corrected chi connectivity index (χ1v) is 10.2. The van der Waals surface area contributed by atoms with E-state index in [1.807, 2.05) is 31.2 Å². The van der Waals surface area contributed by atoms with E-state index in [4.69, 9.17) is 4.74 Å². The van der Waals surface area contributed by atoms with E-state index in [0.717, 1.165) is 52.8 Å². The molecule has 140 valence electrons. The van der Waals surface area contributed by atoms with Crippen LogP contribution in [0.5, 0.6) is 0 Å². The molecule has 0 unspecified atom stereocenters. The molecule has 4 nitrogen and oxygen atoms in total. The molecular weight excluding hydrogens is 356 g/mol. The minimum Gasteiger partial charge on any atom is -0.383 e. The number of rotatable bonds is 7. The van der Waals surface area contributed by atoms with E-state index in [-0.39, 0.29) is 5.78 Å². The summed E-state index contributed by atoms with van der Waals surface area (Å²) in [5.74, 6) is 0.108. The number of ether oxygens (including phenoxy) is 1. The monoisotopic (exact) mass is 380 g/mol. The molecule has 0 amide bonds. The van der Waals surface area contributed by atoms with E-state index in [1.54, 1.807) is 18.4 Å². The highest BCUT2D eigenvalue weighted by atomic mass is 32.1. The van der Waals surface area contributed by atoms with Crippen LogP contribution < -0.4 is 0 Å². The third kappa shape index (κ3) is 2.91. The fourth-order valence-corrected chi connectivity index (χ4v) is 4.85. The lowest BCUT2D eigenvalue weighted by Crippen LogP contribution is -2.12. The SMILES string of the molecule is CCCn1c(C(=O)c2c(C)n(CCOC)c3ccccc23)cc2ccsc21. The Balaban J connectivity index is 1.90. The Morgan fingerprint density at radius 1 is 1.15 bits per heavy atom. The van der Waals surface area contributed by atoms with Crippen molar-refractivity contribution in [1.82, 2.24) is 9.13 Å². The van der Waals surface area contributed by atoms with Gasteiger partial charge in [0.05, 0.1) is 17.9 Å². The van der Waals surface area contributed by atoms with Gasteiger partial charge < -0.3 is 13.9 Å². The van der Waals surface area contributed by atoms with Crippen LogP contribution in [0.25, 0.3) is 21.1 Å². The van der Waals surface area contributed by atoms with Crippen LogP contribution in [0.1, 0.15) is 35.1 Å². The summed E-state index contributed by atoms with van der Waals surface area (Å²) in [4.78, 5) is 14.9. The predicted molar refractivity (Wildman–Crippen MR) is 112 cm³/mol. The number of benzene rings is 1. The molecule has 0 aliphatic heterocycles. The van der Waals surface area contributed by atoms with Crippen LogP contribution in [0.2, 0.25) is 0 Å². The van der Waals surface area contributed by atoms with Gasteiger partial charge in [0.1, 0.15) is 4.83 Å². The molecule has 0 radical (unpaired) electrons. The van der Waals surface area contributed by atoms with Crippen LogP contribution in [0, 0.1) is 6.92 Å². The van der Waals surface area contributed by atoms with Crippen molar-refractivity contribution in [2.45, 2.75) is 33.4 Å². The summed E-state index contributed by atoms with van der Waals surface area (Å²) >= 11 is 1.70. The number of aromatic nitrogens is 2. The van der Waals surface area contributed by atoms with Gasteiger partial charge in [-0.3, -0.25) is 4.79 Å². The lowest BCUT2D eigenvalue weighted by Gasteiger charge is -2.09. The first-order chi connectivity index (χ1) is 13.2. The Morgan fingerprint density at radius 2 is 1.96 bits per heavy atom. The topological polar surface area (TPSA) is 36.2 Å². The molecule has 0 saturated heterocycles. The maximum absolute atomic E-state index is 13.7. The largest absolute Gasteiger partial charge is 0.383 e. The second-order valence-corrected chi connectivity index (χ2v) is 7.71. The molecule has 1 aromatic carbocycles. The summed E-state index contributed by atoms with van der Waals surface area (Å²) in [5.41, 5.74) is 3.69. The lowest BCUT2D eigenvalue weighted by atomic mass is 10.0. The van der Waals surface area contributed by atoms with Crippen LogP contribution in [0.15, 0.2) is 41.8 Å². The Labute approximate surface area is 163 Å². The molecule has 0 saturated carbocycles. The molecule has 4 aromatic rings. The van der Waals surface area contributed by atoms with E-state index in [2.05, 4.69) is 33.6 Å². The van der Waals surface area contributed by atoms with Gasteiger partial charge in [-0.05, 0) is 36.9 Å². The Kier molecular flexibility index (Phi) is 4.89. The van der Waals surface area contributed by atoms with Gasteiger partial charge in [0.25, 0.3) is 0 Å². The molecular formula is C22H24N2O2S. The maximum atomic E-state index is 13.7. The molecule has 0 aliphatic rings. The van der Waals surface area contributed by atoms with Gasteiger partial charge in [0.15, 0.2) is 0 Å². The van der Waals surface area contributed by atoms with Crippen molar-refractivity contribution in [3.63, 3.8) is 0 Å². The second kappa shape index (κ2) is 7.33. The van der Waals surface area contributed by atoms with Gasteiger partial charge in [0.2, 0.25) is 5.78 Å². The highest BCUT2D eigenvalue weighted by Crippen LogP contribution is 2.32. The van der Waals surface area contributed by atoms with Gasteiger partial charge in [-0.2, -0.15) is 0 Å². The Morgan fingerprint density at radius 3 is 2.74 bits per heavy atom. The molecule has 4 rings (SSSR count). The van der Waals surface area contributed by atoms with Crippen molar-refractivity contribution < 1.29 is 9.53 Å². The van der Waals surface area contributed by atoms with E-state index >= 15 is 0 Å². The molecule has 0 atom stereocenters. The zero-order chi connectivity index (χ0) is 19.0. The molecule has 0 N–H and O–H groups in total. The molecule has 0 aliphatic carbocycles. The van der Waals surface area contributed by atoms with Crippen molar-refractivity contribution in [2.24, 2.45) is 0 Å². The number of carbonyl (C=O) groups excluding carboxylic acids is 1. The second-order valence-electron chi connectivity index (χ2n) is 6.81. The number of thiophene rings is 1. The summed E-state index contributed by atoms with van der Waals surface area (Å²) in [6.07, 6.45) is 0.997. The van der Waals surface area contributed by atoms with Crippen LogP contribution in [-0.2, 0) is 17.8 Å². The number of methoxy groups -OCH3 is 1. The van der Waals surface area contributed by atoms with Crippen LogP contribution in [-0.4, -0.2) is 28.6 Å². The fraction of sp³-hybridized carbons (Fsp3) is 0.318. The number of carbonyl (C=O) groups is 1. The number of hydrogen-bond acceptors (Lipinski definition) is 3.